The quantitative estimate of drug-likeness (QED) is 0.786. The molecule has 0 saturated heterocycles. The smallest absolute Gasteiger partial charge is 0.344 e. The van der Waals surface area contributed by atoms with Gasteiger partial charge in [-0.25, -0.2) is 9.78 Å². The number of esters is 1. The van der Waals surface area contributed by atoms with Gasteiger partial charge >= 0.3 is 5.97 Å². The number of aromatic nitrogens is 2. The molecular weight excluding hydrogens is 248 g/mol. The first kappa shape index (κ1) is 13.1. The Morgan fingerprint density at radius 3 is 2.79 bits per heavy atom. The SMILES string of the molecule is CCOC(=O)c1c(-c2ccc(OC)nc2)noc1C. The van der Waals surface area contributed by atoms with Gasteiger partial charge in [-0.1, -0.05) is 5.16 Å². The van der Waals surface area contributed by atoms with Crippen molar-refractivity contribution in [1.29, 1.82) is 0 Å². The van der Waals surface area contributed by atoms with Crippen molar-refractivity contribution < 1.29 is 18.8 Å². The van der Waals surface area contributed by atoms with E-state index in [1.807, 2.05) is 0 Å². The van der Waals surface area contributed by atoms with Crippen molar-refractivity contribution in [2.24, 2.45) is 0 Å². The van der Waals surface area contributed by atoms with Crippen LogP contribution < -0.4 is 4.74 Å². The number of ether oxygens (including phenoxy) is 2. The van der Waals surface area contributed by atoms with Gasteiger partial charge < -0.3 is 14.0 Å². The average molecular weight is 262 g/mol. The van der Waals surface area contributed by atoms with Crippen LogP contribution in [0, 0.1) is 6.92 Å². The molecule has 0 spiro atoms. The molecule has 0 unspecified atom stereocenters. The van der Waals surface area contributed by atoms with Crippen molar-refractivity contribution in [3.05, 3.63) is 29.7 Å². The number of carbonyl (C=O) groups excluding carboxylic acids is 1. The van der Waals surface area contributed by atoms with E-state index in [-0.39, 0.29) is 0 Å². The summed E-state index contributed by atoms with van der Waals surface area (Å²) in [6.07, 6.45) is 1.57. The third-order valence-electron chi connectivity index (χ3n) is 2.56. The van der Waals surface area contributed by atoms with Gasteiger partial charge in [0.25, 0.3) is 0 Å². The highest BCUT2D eigenvalue weighted by Gasteiger charge is 2.22. The zero-order valence-corrected chi connectivity index (χ0v) is 11.0. The molecule has 6 nitrogen and oxygen atoms in total. The van der Waals surface area contributed by atoms with Crippen LogP contribution in [0.3, 0.4) is 0 Å². The van der Waals surface area contributed by atoms with Crippen molar-refractivity contribution in [1.82, 2.24) is 10.1 Å². The molecule has 0 bridgehead atoms. The molecule has 6 heteroatoms. The number of nitrogens with zero attached hydrogens (tertiary/aromatic N) is 2. The molecule has 0 fully saturated rings. The average Bonchev–Trinajstić information content (AvgIpc) is 2.81. The third kappa shape index (κ3) is 2.57. The fourth-order valence-electron chi connectivity index (χ4n) is 1.65. The summed E-state index contributed by atoms with van der Waals surface area (Å²) in [5.74, 6) is 0.456. The van der Waals surface area contributed by atoms with E-state index in [9.17, 15) is 4.79 Å². The van der Waals surface area contributed by atoms with Gasteiger partial charge in [0.15, 0.2) is 0 Å². The molecule has 0 amide bonds. The van der Waals surface area contributed by atoms with E-state index in [2.05, 4.69) is 10.1 Å². The zero-order valence-electron chi connectivity index (χ0n) is 11.0. The zero-order chi connectivity index (χ0) is 13.8. The van der Waals surface area contributed by atoms with Gasteiger partial charge in [-0.3, -0.25) is 0 Å². The number of hydrogen-bond acceptors (Lipinski definition) is 6. The van der Waals surface area contributed by atoms with Gasteiger partial charge in [0.2, 0.25) is 5.88 Å². The van der Waals surface area contributed by atoms with E-state index in [0.29, 0.717) is 35.1 Å². The number of rotatable bonds is 4. The summed E-state index contributed by atoms with van der Waals surface area (Å²) in [7, 11) is 1.53. The van der Waals surface area contributed by atoms with Crippen LogP contribution in [-0.2, 0) is 4.74 Å². The van der Waals surface area contributed by atoms with Gasteiger partial charge in [0.05, 0.1) is 13.7 Å². The standard InChI is InChI=1S/C13H14N2O4/c1-4-18-13(16)11-8(2)19-15-12(11)9-5-6-10(17-3)14-7-9/h5-7H,4H2,1-3H3. The highest BCUT2D eigenvalue weighted by Crippen LogP contribution is 2.26. The highest BCUT2D eigenvalue weighted by atomic mass is 16.5. The second kappa shape index (κ2) is 5.51. The summed E-state index contributed by atoms with van der Waals surface area (Å²) in [5, 5.41) is 3.89. The van der Waals surface area contributed by atoms with Crippen LogP contribution >= 0.6 is 0 Å². The second-order valence-corrected chi connectivity index (χ2v) is 3.77. The summed E-state index contributed by atoms with van der Waals surface area (Å²) in [4.78, 5) is 15.9. The largest absolute Gasteiger partial charge is 0.481 e. The van der Waals surface area contributed by atoms with E-state index < -0.39 is 5.97 Å². The number of hydrogen-bond donors (Lipinski definition) is 0. The molecule has 19 heavy (non-hydrogen) atoms. The van der Waals surface area contributed by atoms with E-state index in [4.69, 9.17) is 14.0 Å². The predicted octanol–water partition coefficient (Wildman–Crippen LogP) is 2.23. The van der Waals surface area contributed by atoms with Gasteiger partial charge in [-0.05, 0) is 19.9 Å². The molecular formula is C13H14N2O4. The highest BCUT2D eigenvalue weighted by molar-refractivity contribution is 5.96. The summed E-state index contributed by atoms with van der Waals surface area (Å²) in [5.41, 5.74) is 1.42. The van der Waals surface area contributed by atoms with E-state index in [1.54, 1.807) is 32.2 Å². The summed E-state index contributed by atoms with van der Waals surface area (Å²) < 4.78 is 15.0. The lowest BCUT2D eigenvalue weighted by molar-refractivity contribution is 0.0525. The Labute approximate surface area is 110 Å². The van der Waals surface area contributed by atoms with Crippen LogP contribution in [-0.4, -0.2) is 29.8 Å². The molecule has 0 aliphatic heterocycles. The fourth-order valence-corrected chi connectivity index (χ4v) is 1.65. The van der Waals surface area contributed by atoms with Crippen molar-refractivity contribution in [3.8, 4) is 17.1 Å². The van der Waals surface area contributed by atoms with E-state index in [0.717, 1.165) is 0 Å². The Morgan fingerprint density at radius 1 is 1.42 bits per heavy atom. The molecule has 0 aliphatic carbocycles. The van der Waals surface area contributed by atoms with Gasteiger partial charge in [-0.2, -0.15) is 0 Å². The monoisotopic (exact) mass is 262 g/mol. The summed E-state index contributed by atoms with van der Waals surface area (Å²) in [6.45, 7) is 3.71. The topological polar surface area (TPSA) is 74.5 Å². The maximum atomic E-state index is 11.9. The van der Waals surface area contributed by atoms with Crippen LogP contribution in [0.5, 0.6) is 5.88 Å². The van der Waals surface area contributed by atoms with Crippen LogP contribution in [0.4, 0.5) is 0 Å². The van der Waals surface area contributed by atoms with Gasteiger partial charge in [0.1, 0.15) is 17.0 Å². The fraction of sp³-hybridized carbons (Fsp3) is 0.308. The molecule has 2 heterocycles. The van der Waals surface area contributed by atoms with Crippen LogP contribution in [0.25, 0.3) is 11.3 Å². The molecule has 0 N–H and O–H groups in total. The first-order valence-corrected chi connectivity index (χ1v) is 5.81. The maximum absolute atomic E-state index is 11.9. The molecule has 2 rings (SSSR count). The summed E-state index contributed by atoms with van der Waals surface area (Å²) in [6, 6.07) is 3.44. The first-order valence-electron chi connectivity index (χ1n) is 5.81. The van der Waals surface area contributed by atoms with E-state index >= 15 is 0 Å². The Kier molecular flexibility index (Phi) is 3.79. The van der Waals surface area contributed by atoms with Gasteiger partial charge in [-0.15, -0.1) is 0 Å². The van der Waals surface area contributed by atoms with Crippen LogP contribution in [0.1, 0.15) is 23.0 Å². The molecule has 2 aromatic rings. The van der Waals surface area contributed by atoms with Gasteiger partial charge in [0, 0.05) is 17.8 Å². The molecule has 0 atom stereocenters. The maximum Gasteiger partial charge on any atom is 0.344 e. The van der Waals surface area contributed by atoms with Crippen LogP contribution in [0.2, 0.25) is 0 Å². The van der Waals surface area contributed by atoms with Crippen molar-refractivity contribution in [3.63, 3.8) is 0 Å². The normalized spacial score (nSPS) is 10.3. The van der Waals surface area contributed by atoms with Crippen molar-refractivity contribution in [2.45, 2.75) is 13.8 Å². The number of pyridine rings is 1. The first-order chi connectivity index (χ1) is 9.17. The Bertz CT molecular complexity index is 575. The predicted molar refractivity (Wildman–Crippen MR) is 67.0 cm³/mol. The van der Waals surface area contributed by atoms with E-state index in [1.165, 1.54) is 7.11 Å². The minimum Gasteiger partial charge on any atom is -0.481 e. The Morgan fingerprint density at radius 2 is 2.21 bits per heavy atom. The third-order valence-corrected chi connectivity index (χ3v) is 2.56. The number of methoxy groups -OCH3 is 1. The van der Waals surface area contributed by atoms with Crippen molar-refractivity contribution in [2.75, 3.05) is 13.7 Å². The lowest BCUT2D eigenvalue weighted by Crippen LogP contribution is -2.06. The molecule has 2 aromatic heterocycles. The minimum atomic E-state index is -0.452. The lowest BCUT2D eigenvalue weighted by atomic mass is 10.1. The minimum absolute atomic E-state index is 0.295. The van der Waals surface area contributed by atoms with Crippen molar-refractivity contribution >= 4 is 5.97 Å². The molecule has 0 aliphatic rings. The Hall–Kier alpha value is -2.37. The molecule has 0 aromatic carbocycles. The molecule has 0 saturated carbocycles. The Balaban J connectivity index is 2.41. The number of aryl methyl sites for hydroxylation is 1. The molecule has 100 valence electrons. The summed E-state index contributed by atoms with van der Waals surface area (Å²) >= 11 is 0. The van der Waals surface area contributed by atoms with Crippen LogP contribution in [0.15, 0.2) is 22.9 Å². The lowest BCUT2D eigenvalue weighted by Gasteiger charge is -2.03. The second-order valence-electron chi connectivity index (χ2n) is 3.77. The number of carbonyl (C=O) groups is 1. The molecule has 0 radical (unpaired) electrons.